The van der Waals surface area contributed by atoms with Gasteiger partial charge in [0.25, 0.3) is 0 Å². The molecular weight excluding hydrogens is 1090 g/mol. The van der Waals surface area contributed by atoms with Crippen LogP contribution < -0.4 is 5.73 Å². The Morgan fingerprint density at radius 3 is 0.953 bits per heavy atom. The van der Waals surface area contributed by atoms with Crippen LogP contribution in [0, 0.1) is 0 Å². The summed E-state index contributed by atoms with van der Waals surface area (Å²) in [7, 11) is -4.40. The third kappa shape index (κ3) is 69.8. The topological polar surface area (TPSA) is 134 Å². The zero-order valence-electron chi connectivity index (χ0n) is 55.8. The fraction of sp³-hybridized carbons (Fsp3) is 0.737. The summed E-state index contributed by atoms with van der Waals surface area (Å²) in [4.78, 5) is 35.4. The molecule has 0 saturated heterocycles. The number of ether oxygens (including phenoxy) is 2. The van der Waals surface area contributed by atoms with Crippen LogP contribution in [0.1, 0.15) is 328 Å². The molecule has 2 unspecified atom stereocenters. The molecule has 0 saturated carbocycles. The Kier molecular flexibility index (Phi) is 68.0. The minimum absolute atomic E-state index is 0.0515. The number of hydrogen-bond donors (Lipinski definition) is 2. The number of nitrogens with two attached hydrogens (primary N) is 1. The van der Waals surface area contributed by atoms with E-state index >= 15 is 0 Å². The Labute approximate surface area is 530 Å². The molecule has 0 aliphatic carbocycles. The molecule has 2 atom stereocenters. The van der Waals surface area contributed by atoms with Gasteiger partial charge in [-0.2, -0.15) is 0 Å². The van der Waals surface area contributed by atoms with E-state index < -0.39 is 26.5 Å². The first kappa shape index (κ1) is 82.7. The number of phosphoric acid groups is 1. The van der Waals surface area contributed by atoms with Gasteiger partial charge in [-0.3, -0.25) is 18.6 Å². The highest BCUT2D eigenvalue weighted by Crippen LogP contribution is 2.43. The lowest BCUT2D eigenvalue weighted by Crippen LogP contribution is -2.29. The summed E-state index contributed by atoms with van der Waals surface area (Å²) in [6, 6.07) is 0. The van der Waals surface area contributed by atoms with E-state index in [1.54, 1.807) is 0 Å². The fourth-order valence-electron chi connectivity index (χ4n) is 10.2. The van der Waals surface area contributed by atoms with E-state index in [9.17, 15) is 19.0 Å². The molecular formula is C76H134NO8P. The molecule has 0 aliphatic heterocycles. The predicted octanol–water partition coefficient (Wildman–Crippen LogP) is 23.7. The number of rotatable bonds is 67. The van der Waals surface area contributed by atoms with Crippen LogP contribution in [-0.2, 0) is 32.7 Å². The SMILES string of the molecule is CC/C=C\C/C=C\C/C=C\C/C=C\C/C=C\C/C=C\C/C=C\C/C=C\C/C=C\CCCCCCCCCCCCCCCC(=O)OC(COC(=O)CCCCCCCCCCCCCCCCCCCCCCCCCC)COP(=O)(O)OCCN. The molecule has 496 valence electrons. The van der Waals surface area contributed by atoms with Gasteiger partial charge < -0.3 is 20.1 Å². The average Bonchev–Trinajstić information content (AvgIpc) is 3.58. The van der Waals surface area contributed by atoms with Crippen LogP contribution in [-0.4, -0.2) is 49.3 Å². The van der Waals surface area contributed by atoms with Gasteiger partial charge >= 0.3 is 19.8 Å². The number of carbonyl (C=O) groups is 2. The van der Waals surface area contributed by atoms with E-state index in [2.05, 4.69) is 123 Å². The normalized spacial score (nSPS) is 13.6. The molecule has 0 heterocycles. The summed E-state index contributed by atoms with van der Waals surface area (Å²) in [5.74, 6) is -0.818. The molecule has 0 aromatic heterocycles. The van der Waals surface area contributed by atoms with Gasteiger partial charge in [-0.15, -0.1) is 0 Å². The highest BCUT2D eigenvalue weighted by atomic mass is 31.2. The van der Waals surface area contributed by atoms with E-state index in [1.807, 2.05) is 0 Å². The molecule has 0 amide bonds. The van der Waals surface area contributed by atoms with Crippen LogP contribution in [0.15, 0.2) is 109 Å². The molecule has 86 heavy (non-hydrogen) atoms. The van der Waals surface area contributed by atoms with Crippen LogP contribution in [0.3, 0.4) is 0 Å². The maximum atomic E-state index is 12.8. The van der Waals surface area contributed by atoms with Crippen molar-refractivity contribution in [3.05, 3.63) is 109 Å². The Hall–Kier alpha value is -3.33. The first-order chi connectivity index (χ1) is 42.3. The second-order valence-electron chi connectivity index (χ2n) is 23.7. The lowest BCUT2D eigenvalue weighted by molar-refractivity contribution is -0.161. The second kappa shape index (κ2) is 70.8. The van der Waals surface area contributed by atoms with Crippen molar-refractivity contribution in [2.45, 2.75) is 335 Å². The summed E-state index contributed by atoms with van der Waals surface area (Å²) < 4.78 is 33.2. The van der Waals surface area contributed by atoms with Gasteiger partial charge in [0, 0.05) is 19.4 Å². The van der Waals surface area contributed by atoms with Gasteiger partial charge in [-0.1, -0.05) is 342 Å². The minimum Gasteiger partial charge on any atom is -0.462 e. The fourth-order valence-corrected chi connectivity index (χ4v) is 10.9. The smallest absolute Gasteiger partial charge is 0.462 e. The van der Waals surface area contributed by atoms with Crippen molar-refractivity contribution in [3.8, 4) is 0 Å². The van der Waals surface area contributed by atoms with E-state index in [4.69, 9.17) is 24.3 Å². The summed E-state index contributed by atoms with van der Waals surface area (Å²) in [6.45, 7) is 3.67. The first-order valence-electron chi connectivity index (χ1n) is 35.9. The first-order valence-corrected chi connectivity index (χ1v) is 37.4. The third-order valence-corrected chi connectivity index (χ3v) is 16.4. The van der Waals surface area contributed by atoms with Crippen LogP contribution in [0.2, 0.25) is 0 Å². The standard InChI is InChI=1S/C76H134NO8P/c1-3-5-7-9-11-13-15-17-19-21-23-25-27-29-30-31-32-33-34-35-36-37-38-39-40-41-42-43-44-45-47-49-51-53-55-57-59-61-63-65-67-69-76(79)85-74(73-84-86(80,81)83-71-70-77)72-82-75(78)68-66-64-62-60-58-56-54-52-50-48-46-28-26-24-22-20-18-16-14-12-10-8-6-4-2/h5,7,11,13,17,19,23,25,29-30,32-33,35-36,38-39,41-42,74H,3-4,6,8-10,12,14-16,18,20-22,24,26-28,31,34,37,40,43-73,77H2,1-2H3,(H,80,81)/b7-5-,13-11-,19-17-,25-23-,30-29-,33-32-,36-35-,39-38-,42-41-. The molecule has 0 bridgehead atoms. The van der Waals surface area contributed by atoms with Crippen molar-refractivity contribution in [1.82, 2.24) is 0 Å². The average molecular weight is 1220 g/mol. The number of unbranched alkanes of at least 4 members (excludes halogenated alkanes) is 36. The lowest BCUT2D eigenvalue weighted by Gasteiger charge is -2.19. The number of hydrogen-bond acceptors (Lipinski definition) is 8. The minimum atomic E-state index is -4.40. The highest BCUT2D eigenvalue weighted by molar-refractivity contribution is 7.47. The van der Waals surface area contributed by atoms with Gasteiger partial charge in [0.15, 0.2) is 6.10 Å². The molecule has 10 heteroatoms. The second-order valence-corrected chi connectivity index (χ2v) is 25.2. The summed E-state index contributed by atoms with van der Waals surface area (Å²) in [6.07, 6.45) is 97.6. The van der Waals surface area contributed by atoms with Gasteiger partial charge in [-0.05, 0) is 83.5 Å². The molecule has 0 aliphatic rings. The van der Waals surface area contributed by atoms with Crippen LogP contribution in [0.4, 0.5) is 0 Å². The number of esters is 2. The monoisotopic (exact) mass is 1220 g/mol. The largest absolute Gasteiger partial charge is 0.472 e. The molecule has 3 N–H and O–H groups in total. The van der Waals surface area contributed by atoms with Crippen molar-refractivity contribution < 1.29 is 37.6 Å². The maximum Gasteiger partial charge on any atom is 0.472 e. The molecule has 0 radical (unpaired) electrons. The molecule has 0 rings (SSSR count). The van der Waals surface area contributed by atoms with E-state index in [0.717, 1.165) is 96.3 Å². The van der Waals surface area contributed by atoms with Gasteiger partial charge in [0.2, 0.25) is 0 Å². The van der Waals surface area contributed by atoms with Crippen LogP contribution in [0.25, 0.3) is 0 Å². The van der Waals surface area contributed by atoms with Crippen molar-refractivity contribution in [2.24, 2.45) is 5.73 Å². The van der Waals surface area contributed by atoms with E-state index in [1.165, 1.54) is 199 Å². The quantitative estimate of drug-likeness (QED) is 0.0264. The third-order valence-electron chi connectivity index (χ3n) is 15.4. The van der Waals surface area contributed by atoms with Crippen molar-refractivity contribution >= 4 is 19.8 Å². The van der Waals surface area contributed by atoms with Gasteiger partial charge in [0.05, 0.1) is 13.2 Å². The summed E-state index contributed by atoms with van der Waals surface area (Å²) in [5, 5.41) is 0. The predicted molar refractivity (Wildman–Crippen MR) is 371 cm³/mol. The number of carbonyl (C=O) groups excluding carboxylic acids is 2. The Balaban J connectivity index is 3.88. The molecule has 0 aromatic rings. The number of phosphoric ester groups is 1. The Morgan fingerprint density at radius 1 is 0.360 bits per heavy atom. The highest BCUT2D eigenvalue weighted by Gasteiger charge is 2.26. The van der Waals surface area contributed by atoms with Crippen molar-refractivity contribution in [3.63, 3.8) is 0 Å². The summed E-state index contributed by atoms with van der Waals surface area (Å²) in [5.41, 5.74) is 5.40. The molecule has 0 aromatic carbocycles. The maximum absolute atomic E-state index is 12.8. The zero-order chi connectivity index (χ0) is 62.3. The Morgan fingerprint density at radius 2 is 0.640 bits per heavy atom. The molecule has 0 spiro atoms. The molecule has 0 fully saturated rings. The van der Waals surface area contributed by atoms with Crippen LogP contribution in [0.5, 0.6) is 0 Å². The zero-order valence-corrected chi connectivity index (χ0v) is 56.7. The van der Waals surface area contributed by atoms with Crippen molar-refractivity contribution in [2.75, 3.05) is 26.4 Å². The van der Waals surface area contributed by atoms with Gasteiger partial charge in [-0.25, -0.2) is 4.57 Å². The van der Waals surface area contributed by atoms with E-state index in [-0.39, 0.29) is 38.6 Å². The van der Waals surface area contributed by atoms with Crippen molar-refractivity contribution in [1.29, 1.82) is 0 Å². The number of allylic oxidation sites excluding steroid dienone is 18. The Bertz CT molecular complexity index is 1780. The van der Waals surface area contributed by atoms with E-state index in [0.29, 0.717) is 6.42 Å². The van der Waals surface area contributed by atoms with Crippen LogP contribution >= 0.6 is 7.82 Å². The molecule has 9 nitrogen and oxygen atoms in total. The summed E-state index contributed by atoms with van der Waals surface area (Å²) >= 11 is 0. The van der Waals surface area contributed by atoms with Gasteiger partial charge in [0.1, 0.15) is 6.61 Å². The lowest BCUT2D eigenvalue weighted by atomic mass is 10.0.